The molecule has 0 bridgehead atoms. The minimum absolute atomic E-state index is 0.164. The van der Waals surface area contributed by atoms with Gasteiger partial charge >= 0.3 is 0 Å². The van der Waals surface area contributed by atoms with Gasteiger partial charge in [-0.2, -0.15) is 0 Å². The van der Waals surface area contributed by atoms with Crippen LogP contribution in [0.4, 0.5) is 4.39 Å². The Morgan fingerprint density at radius 2 is 2.05 bits per heavy atom. The van der Waals surface area contributed by atoms with Gasteiger partial charge in [-0.15, -0.1) is 0 Å². The Hall–Kier alpha value is -1.62. The minimum atomic E-state index is -0.445. The van der Waals surface area contributed by atoms with Crippen LogP contribution >= 0.6 is 0 Å². The quantitative estimate of drug-likeness (QED) is 0.525. The van der Waals surface area contributed by atoms with E-state index in [0.717, 1.165) is 6.42 Å². The van der Waals surface area contributed by atoms with Crippen LogP contribution in [-0.4, -0.2) is 28.2 Å². The van der Waals surface area contributed by atoms with Gasteiger partial charge in [0.1, 0.15) is 23.3 Å². The zero-order valence-corrected chi connectivity index (χ0v) is 13.1. The van der Waals surface area contributed by atoms with Crippen LogP contribution in [0.2, 0.25) is 0 Å². The molecular formula is C16H22FNO3. The Morgan fingerprint density at radius 1 is 1.38 bits per heavy atom. The summed E-state index contributed by atoms with van der Waals surface area (Å²) in [5, 5.41) is 12.1. The maximum absolute atomic E-state index is 13.4. The first kappa shape index (κ1) is 15.8. The summed E-state index contributed by atoms with van der Waals surface area (Å²) in [5.41, 5.74) is 0.0342. The summed E-state index contributed by atoms with van der Waals surface area (Å²) in [4.78, 5) is 0. The van der Waals surface area contributed by atoms with Crippen molar-refractivity contribution in [3.05, 3.63) is 29.6 Å². The number of oxime groups is 1. The van der Waals surface area contributed by atoms with Gasteiger partial charge in [0.15, 0.2) is 0 Å². The highest BCUT2D eigenvalue weighted by Crippen LogP contribution is 2.40. The van der Waals surface area contributed by atoms with Gasteiger partial charge in [0.25, 0.3) is 0 Å². The largest absolute Gasteiger partial charge is 0.487 e. The van der Waals surface area contributed by atoms with E-state index in [-0.39, 0.29) is 11.7 Å². The zero-order valence-electron chi connectivity index (χ0n) is 13.1. The summed E-state index contributed by atoms with van der Waals surface area (Å²) < 4.78 is 25.5. The normalized spacial score (nSPS) is 24.1. The van der Waals surface area contributed by atoms with Crippen LogP contribution < -0.4 is 4.74 Å². The van der Waals surface area contributed by atoms with Gasteiger partial charge in [0.2, 0.25) is 0 Å². The highest BCUT2D eigenvalue weighted by molar-refractivity contribution is 6.00. The van der Waals surface area contributed by atoms with E-state index in [1.807, 2.05) is 27.7 Å². The SMILES string of the molecule is C/C(=N/O)c1cc(F)ccc1OC1CC(C)(C)OC1(C)C. The summed E-state index contributed by atoms with van der Waals surface area (Å²) in [7, 11) is 0. The van der Waals surface area contributed by atoms with E-state index in [1.165, 1.54) is 12.1 Å². The average molecular weight is 295 g/mol. The number of hydrogen-bond acceptors (Lipinski definition) is 4. The van der Waals surface area contributed by atoms with Crippen molar-refractivity contribution in [1.29, 1.82) is 0 Å². The minimum Gasteiger partial charge on any atom is -0.487 e. The molecule has 1 atom stereocenters. The van der Waals surface area contributed by atoms with E-state index in [0.29, 0.717) is 17.0 Å². The van der Waals surface area contributed by atoms with E-state index in [2.05, 4.69) is 5.16 Å². The second-order valence-electron chi connectivity index (χ2n) is 6.60. The highest BCUT2D eigenvalue weighted by Gasteiger charge is 2.47. The fourth-order valence-corrected chi connectivity index (χ4v) is 2.79. The third kappa shape index (κ3) is 3.35. The Kier molecular flexibility index (Phi) is 3.97. The molecule has 1 aromatic rings. The molecule has 21 heavy (non-hydrogen) atoms. The fraction of sp³-hybridized carbons (Fsp3) is 0.562. The van der Waals surface area contributed by atoms with Crippen LogP contribution in [0.3, 0.4) is 0 Å². The first-order valence-electron chi connectivity index (χ1n) is 7.00. The first-order chi connectivity index (χ1) is 9.64. The second kappa shape index (κ2) is 5.30. The summed E-state index contributed by atoms with van der Waals surface area (Å²) in [6.07, 6.45) is 0.565. The van der Waals surface area contributed by atoms with Crippen LogP contribution in [0.1, 0.15) is 46.6 Å². The zero-order chi connectivity index (χ0) is 15.8. The predicted octanol–water partition coefficient (Wildman–Crippen LogP) is 3.75. The van der Waals surface area contributed by atoms with E-state index >= 15 is 0 Å². The fourth-order valence-electron chi connectivity index (χ4n) is 2.79. The molecule has 1 heterocycles. The van der Waals surface area contributed by atoms with Crippen molar-refractivity contribution in [3.63, 3.8) is 0 Å². The lowest BCUT2D eigenvalue weighted by Gasteiger charge is -2.28. The number of rotatable bonds is 3. The molecule has 1 aliphatic rings. The van der Waals surface area contributed by atoms with Gasteiger partial charge in [-0.25, -0.2) is 4.39 Å². The number of ether oxygens (including phenoxy) is 2. The van der Waals surface area contributed by atoms with Crippen LogP contribution in [0.15, 0.2) is 23.4 Å². The van der Waals surface area contributed by atoms with Gasteiger partial charge in [-0.3, -0.25) is 0 Å². The Morgan fingerprint density at radius 3 is 2.57 bits per heavy atom. The summed E-state index contributed by atoms with van der Waals surface area (Å²) >= 11 is 0. The van der Waals surface area contributed by atoms with E-state index in [9.17, 15) is 4.39 Å². The van der Waals surface area contributed by atoms with Crippen molar-refractivity contribution in [2.75, 3.05) is 0 Å². The Bertz CT molecular complexity index is 567. The molecule has 4 nitrogen and oxygen atoms in total. The molecule has 1 saturated heterocycles. The molecule has 1 aliphatic heterocycles. The Labute approximate surface area is 124 Å². The van der Waals surface area contributed by atoms with E-state index < -0.39 is 11.4 Å². The lowest BCUT2D eigenvalue weighted by Crippen LogP contribution is -2.37. The molecule has 5 heteroatoms. The van der Waals surface area contributed by atoms with Gasteiger partial charge in [0.05, 0.1) is 11.3 Å². The number of benzene rings is 1. The molecule has 2 rings (SSSR count). The lowest BCUT2D eigenvalue weighted by atomic mass is 9.97. The third-order valence-electron chi connectivity index (χ3n) is 3.74. The Balaban J connectivity index is 2.32. The first-order valence-corrected chi connectivity index (χ1v) is 7.00. The lowest BCUT2D eigenvalue weighted by molar-refractivity contribution is -0.0846. The molecule has 0 spiro atoms. The third-order valence-corrected chi connectivity index (χ3v) is 3.74. The van der Waals surface area contributed by atoms with Gasteiger partial charge in [0, 0.05) is 12.0 Å². The molecule has 1 unspecified atom stereocenters. The van der Waals surface area contributed by atoms with Crippen LogP contribution in [0.5, 0.6) is 5.75 Å². The maximum Gasteiger partial charge on any atom is 0.130 e. The second-order valence-corrected chi connectivity index (χ2v) is 6.60. The molecule has 116 valence electrons. The monoisotopic (exact) mass is 295 g/mol. The van der Waals surface area contributed by atoms with Crippen molar-refractivity contribution in [1.82, 2.24) is 0 Å². The molecule has 1 N–H and O–H groups in total. The molecule has 0 saturated carbocycles. The smallest absolute Gasteiger partial charge is 0.130 e. The van der Waals surface area contributed by atoms with Crippen molar-refractivity contribution >= 4 is 5.71 Å². The summed E-state index contributed by atoms with van der Waals surface area (Å²) in [6.45, 7) is 9.58. The van der Waals surface area contributed by atoms with Crippen LogP contribution in [0.25, 0.3) is 0 Å². The number of halogens is 1. The van der Waals surface area contributed by atoms with Gasteiger partial charge in [-0.05, 0) is 52.8 Å². The average Bonchev–Trinajstić information content (AvgIpc) is 2.58. The van der Waals surface area contributed by atoms with Crippen LogP contribution in [0, 0.1) is 5.82 Å². The molecule has 1 aromatic carbocycles. The standard InChI is InChI=1S/C16H22FNO3/c1-10(18-19)12-8-11(17)6-7-13(12)20-14-9-15(2,3)21-16(14,4)5/h6-8,14,19H,9H2,1-5H3/b18-10-. The van der Waals surface area contributed by atoms with Crippen molar-refractivity contribution < 1.29 is 19.1 Å². The van der Waals surface area contributed by atoms with Crippen molar-refractivity contribution in [2.45, 2.75) is 58.3 Å². The van der Waals surface area contributed by atoms with Gasteiger partial charge < -0.3 is 14.7 Å². The molecule has 0 amide bonds. The van der Waals surface area contributed by atoms with Crippen LogP contribution in [-0.2, 0) is 4.74 Å². The number of nitrogens with zero attached hydrogens (tertiary/aromatic N) is 1. The van der Waals surface area contributed by atoms with Crippen molar-refractivity contribution in [3.8, 4) is 5.75 Å². The summed E-state index contributed by atoms with van der Waals surface area (Å²) in [5.74, 6) is 0.0914. The molecular weight excluding hydrogens is 273 g/mol. The van der Waals surface area contributed by atoms with E-state index in [4.69, 9.17) is 14.7 Å². The summed E-state index contributed by atoms with van der Waals surface area (Å²) in [6, 6.07) is 4.19. The topological polar surface area (TPSA) is 51.1 Å². The van der Waals surface area contributed by atoms with Gasteiger partial charge in [-0.1, -0.05) is 5.16 Å². The number of hydrogen-bond donors (Lipinski definition) is 1. The molecule has 0 aliphatic carbocycles. The van der Waals surface area contributed by atoms with Crippen molar-refractivity contribution in [2.24, 2.45) is 5.16 Å². The molecule has 0 aromatic heterocycles. The highest BCUT2D eigenvalue weighted by atomic mass is 19.1. The predicted molar refractivity (Wildman–Crippen MR) is 78.7 cm³/mol. The molecule has 0 radical (unpaired) electrons. The molecule has 1 fully saturated rings. The van der Waals surface area contributed by atoms with E-state index in [1.54, 1.807) is 13.0 Å². The maximum atomic E-state index is 13.4.